The molecule has 2 atom stereocenters. The van der Waals surface area contributed by atoms with Crippen molar-refractivity contribution in [3.05, 3.63) is 12.7 Å². The summed E-state index contributed by atoms with van der Waals surface area (Å²) in [5.41, 5.74) is 0. The molecule has 0 spiro atoms. The Labute approximate surface area is 78.9 Å². The smallest absolute Gasteiger partial charge is 0.379 e. The van der Waals surface area contributed by atoms with Crippen molar-refractivity contribution in [3.8, 4) is 0 Å². The van der Waals surface area contributed by atoms with Crippen LogP contribution in [0.2, 0.25) is 0 Å². The van der Waals surface area contributed by atoms with Gasteiger partial charge in [-0.05, 0) is 0 Å². The third kappa shape index (κ3) is 2.47. The predicted octanol–water partition coefficient (Wildman–Crippen LogP) is 0.866. The highest BCUT2D eigenvalue weighted by molar-refractivity contribution is 5.82. The van der Waals surface area contributed by atoms with Crippen LogP contribution in [0, 0.1) is 5.92 Å². The molecule has 1 aliphatic rings. The maximum Gasteiger partial charge on any atom is 0.471 e. The van der Waals surface area contributed by atoms with Crippen molar-refractivity contribution in [2.75, 3.05) is 13.2 Å². The van der Waals surface area contributed by atoms with E-state index in [1.165, 1.54) is 6.08 Å². The van der Waals surface area contributed by atoms with E-state index < -0.39 is 18.1 Å². The van der Waals surface area contributed by atoms with Gasteiger partial charge in [0.1, 0.15) is 0 Å². The molecule has 0 bridgehead atoms. The van der Waals surface area contributed by atoms with Gasteiger partial charge in [-0.3, -0.25) is 4.79 Å². The summed E-state index contributed by atoms with van der Waals surface area (Å²) in [7, 11) is 0. The zero-order valence-corrected chi connectivity index (χ0v) is 7.30. The lowest BCUT2D eigenvalue weighted by molar-refractivity contribution is -0.174. The van der Waals surface area contributed by atoms with Crippen LogP contribution in [0.4, 0.5) is 13.2 Å². The molecule has 1 rings (SSSR count). The molecular weight excluding hydrogens is 199 g/mol. The molecule has 80 valence electrons. The summed E-state index contributed by atoms with van der Waals surface area (Å²) in [4.78, 5) is 10.6. The fourth-order valence-corrected chi connectivity index (χ4v) is 1.20. The molecule has 1 aliphatic heterocycles. The minimum absolute atomic E-state index is 0.0957. The van der Waals surface area contributed by atoms with Gasteiger partial charge in [0.05, 0.1) is 19.3 Å². The van der Waals surface area contributed by atoms with Crippen molar-refractivity contribution < 1.29 is 22.7 Å². The summed E-state index contributed by atoms with van der Waals surface area (Å²) in [6.07, 6.45) is -3.36. The van der Waals surface area contributed by atoms with Crippen LogP contribution in [0.25, 0.3) is 0 Å². The molecule has 0 aromatic heterocycles. The topological polar surface area (TPSA) is 38.3 Å². The number of amides is 1. The molecule has 0 aromatic carbocycles. The number of hydrogen-bond acceptors (Lipinski definition) is 2. The van der Waals surface area contributed by atoms with E-state index in [0.717, 1.165) is 0 Å². The Bertz CT molecular complexity index is 239. The molecule has 0 aromatic rings. The highest BCUT2D eigenvalue weighted by Gasteiger charge is 2.41. The van der Waals surface area contributed by atoms with Gasteiger partial charge >= 0.3 is 12.1 Å². The minimum atomic E-state index is -4.84. The van der Waals surface area contributed by atoms with Crippen molar-refractivity contribution in [1.29, 1.82) is 0 Å². The van der Waals surface area contributed by atoms with E-state index in [9.17, 15) is 18.0 Å². The zero-order valence-electron chi connectivity index (χ0n) is 7.30. The van der Waals surface area contributed by atoms with Gasteiger partial charge in [-0.25, -0.2) is 0 Å². The van der Waals surface area contributed by atoms with E-state index in [0.29, 0.717) is 6.61 Å². The molecule has 0 radical (unpaired) electrons. The van der Waals surface area contributed by atoms with Crippen LogP contribution < -0.4 is 5.32 Å². The van der Waals surface area contributed by atoms with Gasteiger partial charge in [0.25, 0.3) is 0 Å². The quantitative estimate of drug-likeness (QED) is 0.685. The van der Waals surface area contributed by atoms with E-state index >= 15 is 0 Å². The first-order chi connectivity index (χ1) is 6.45. The van der Waals surface area contributed by atoms with E-state index in [1.807, 2.05) is 5.32 Å². The van der Waals surface area contributed by atoms with E-state index in [4.69, 9.17) is 4.74 Å². The Morgan fingerprint density at radius 3 is 2.64 bits per heavy atom. The van der Waals surface area contributed by atoms with Gasteiger partial charge in [0, 0.05) is 5.92 Å². The molecular formula is C8H10F3NO2. The van der Waals surface area contributed by atoms with E-state index in [1.54, 1.807) is 0 Å². The summed E-state index contributed by atoms with van der Waals surface area (Å²) < 4.78 is 40.5. The molecule has 1 amide bonds. The Balaban J connectivity index is 2.52. The average molecular weight is 209 g/mol. The third-order valence-corrected chi connectivity index (χ3v) is 2.00. The van der Waals surface area contributed by atoms with Crippen LogP contribution in [0.1, 0.15) is 0 Å². The van der Waals surface area contributed by atoms with Crippen LogP contribution >= 0.6 is 0 Å². The maximum atomic E-state index is 11.9. The number of carbonyl (C=O) groups is 1. The summed E-state index contributed by atoms with van der Waals surface area (Å²) in [5.74, 6) is -2.18. The lowest BCUT2D eigenvalue weighted by atomic mass is 10.0. The first-order valence-electron chi connectivity index (χ1n) is 4.03. The molecule has 1 saturated heterocycles. The summed E-state index contributed by atoms with van der Waals surface area (Å²) in [6.45, 7) is 3.84. The number of ether oxygens (including phenoxy) is 1. The van der Waals surface area contributed by atoms with Crippen LogP contribution in [0.3, 0.4) is 0 Å². The van der Waals surface area contributed by atoms with Crippen molar-refractivity contribution in [3.63, 3.8) is 0 Å². The third-order valence-electron chi connectivity index (χ3n) is 2.00. The molecule has 0 saturated carbocycles. The summed E-state index contributed by atoms with van der Waals surface area (Å²) in [6, 6.07) is -0.623. The second kappa shape index (κ2) is 4.00. The lowest BCUT2D eigenvalue weighted by Crippen LogP contribution is -2.45. The second-order valence-electron chi connectivity index (χ2n) is 3.01. The van der Waals surface area contributed by atoms with Crippen LogP contribution in [0.15, 0.2) is 12.7 Å². The highest BCUT2D eigenvalue weighted by atomic mass is 19.4. The molecule has 6 heteroatoms. The molecule has 14 heavy (non-hydrogen) atoms. The fraction of sp³-hybridized carbons (Fsp3) is 0.625. The van der Waals surface area contributed by atoms with Gasteiger partial charge in [-0.1, -0.05) is 6.08 Å². The zero-order chi connectivity index (χ0) is 10.8. The number of nitrogens with one attached hydrogen (secondary N) is 1. The summed E-state index contributed by atoms with van der Waals surface area (Å²) in [5, 5.41) is 1.86. The summed E-state index contributed by atoms with van der Waals surface area (Å²) >= 11 is 0. The Morgan fingerprint density at radius 1 is 1.50 bits per heavy atom. The fourth-order valence-electron chi connectivity index (χ4n) is 1.20. The van der Waals surface area contributed by atoms with Gasteiger partial charge < -0.3 is 10.1 Å². The number of hydrogen-bond donors (Lipinski definition) is 1. The van der Waals surface area contributed by atoms with Crippen molar-refractivity contribution in [1.82, 2.24) is 5.32 Å². The van der Waals surface area contributed by atoms with Crippen molar-refractivity contribution in [2.24, 2.45) is 5.92 Å². The molecule has 2 unspecified atom stereocenters. The first-order valence-corrected chi connectivity index (χ1v) is 4.03. The minimum Gasteiger partial charge on any atom is -0.379 e. The number of rotatable bonds is 2. The molecule has 1 heterocycles. The monoisotopic (exact) mass is 209 g/mol. The maximum absolute atomic E-state index is 11.9. The molecule has 1 fully saturated rings. The van der Waals surface area contributed by atoms with E-state index in [2.05, 4.69) is 6.58 Å². The van der Waals surface area contributed by atoms with Crippen molar-refractivity contribution in [2.45, 2.75) is 12.2 Å². The van der Waals surface area contributed by atoms with Gasteiger partial charge in [0.2, 0.25) is 0 Å². The highest BCUT2D eigenvalue weighted by Crippen LogP contribution is 2.18. The molecule has 1 N–H and O–H groups in total. The largest absolute Gasteiger partial charge is 0.471 e. The average Bonchev–Trinajstić information content (AvgIpc) is 2.50. The Morgan fingerprint density at radius 2 is 2.14 bits per heavy atom. The lowest BCUT2D eigenvalue weighted by Gasteiger charge is -2.16. The number of alkyl halides is 3. The van der Waals surface area contributed by atoms with Crippen LogP contribution in [-0.4, -0.2) is 31.3 Å². The SMILES string of the molecule is C=CC1COCC1NC(=O)C(F)(F)F. The standard InChI is InChI=1S/C8H10F3NO2/c1-2-5-3-14-4-6(5)12-7(13)8(9,10)11/h2,5-6H,1,3-4H2,(H,12,13). The van der Waals surface area contributed by atoms with Gasteiger partial charge in [0.15, 0.2) is 0 Å². The Kier molecular flexibility index (Phi) is 3.15. The van der Waals surface area contributed by atoms with E-state index in [-0.39, 0.29) is 12.5 Å². The molecule has 0 aliphatic carbocycles. The number of carbonyl (C=O) groups excluding carboxylic acids is 1. The van der Waals surface area contributed by atoms with Crippen molar-refractivity contribution >= 4 is 5.91 Å². The van der Waals surface area contributed by atoms with Crippen LogP contribution in [-0.2, 0) is 9.53 Å². The second-order valence-corrected chi connectivity index (χ2v) is 3.01. The predicted molar refractivity (Wildman–Crippen MR) is 42.5 cm³/mol. The molecule has 3 nitrogen and oxygen atoms in total. The Hall–Kier alpha value is -1.04. The number of halogens is 3. The van der Waals surface area contributed by atoms with Crippen LogP contribution in [0.5, 0.6) is 0 Å². The normalized spacial score (nSPS) is 27.4. The van der Waals surface area contributed by atoms with Gasteiger partial charge in [-0.2, -0.15) is 13.2 Å². The van der Waals surface area contributed by atoms with Gasteiger partial charge in [-0.15, -0.1) is 6.58 Å². The first kappa shape index (κ1) is 11.0.